The van der Waals surface area contributed by atoms with E-state index in [4.69, 9.17) is 4.74 Å². The van der Waals surface area contributed by atoms with Gasteiger partial charge in [0.25, 0.3) is 0 Å². The molecule has 1 aliphatic heterocycles. The smallest absolute Gasteiger partial charge is 0.120 e. The molecule has 2 fully saturated rings. The number of hydrogen-bond acceptors (Lipinski definition) is 3. The molecule has 3 heteroatoms. The Hall–Kier alpha value is -1.06. The largest absolute Gasteiger partial charge is 0.491 e. The van der Waals surface area contributed by atoms with Crippen molar-refractivity contribution < 1.29 is 4.74 Å². The van der Waals surface area contributed by atoms with Crippen molar-refractivity contribution in [1.82, 2.24) is 10.2 Å². The van der Waals surface area contributed by atoms with E-state index in [0.29, 0.717) is 12.0 Å². The third-order valence-electron chi connectivity index (χ3n) is 4.62. The van der Waals surface area contributed by atoms with E-state index >= 15 is 0 Å². The van der Waals surface area contributed by atoms with Gasteiger partial charge in [-0.15, -0.1) is 0 Å². The Labute approximate surface area is 128 Å². The van der Waals surface area contributed by atoms with Gasteiger partial charge in [0.2, 0.25) is 0 Å². The van der Waals surface area contributed by atoms with Crippen LogP contribution in [0.1, 0.15) is 44.7 Å². The minimum Gasteiger partial charge on any atom is -0.491 e. The van der Waals surface area contributed by atoms with E-state index in [0.717, 1.165) is 18.3 Å². The zero-order valence-corrected chi connectivity index (χ0v) is 13.5. The standard InChI is InChI=1S/C18H28N2O/c1-13(2)21-17-6-4-5-14(11-17)18-15(12-19-3)9-10-20(18)16-7-8-16/h4-6,11,13,15-16,18-19H,7-10,12H2,1-3H3. The first-order chi connectivity index (χ1) is 10.2. The van der Waals surface area contributed by atoms with E-state index in [2.05, 4.69) is 55.4 Å². The normalized spacial score (nSPS) is 26.5. The number of likely N-dealkylation sites (tertiary alicyclic amines) is 1. The third kappa shape index (κ3) is 3.41. The van der Waals surface area contributed by atoms with E-state index in [1.165, 1.54) is 31.4 Å². The second-order valence-corrected chi connectivity index (χ2v) is 6.76. The summed E-state index contributed by atoms with van der Waals surface area (Å²) >= 11 is 0. The van der Waals surface area contributed by atoms with Crippen LogP contribution in [0.2, 0.25) is 0 Å². The zero-order chi connectivity index (χ0) is 14.8. The molecule has 2 atom stereocenters. The first kappa shape index (κ1) is 14.9. The third-order valence-corrected chi connectivity index (χ3v) is 4.62. The highest BCUT2D eigenvalue weighted by molar-refractivity contribution is 5.32. The molecule has 0 bridgehead atoms. The average Bonchev–Trinajstić information content (AvgIpc) is 3.20. The van der Waals surface area contributed by atoms with Gasteiger partial charge in [-0.2, -0.15) is 0 Å². The van der Waals surface area contributed by atoms with Gasteiger partial charge in [0.05, 0.1) is 6.10 Å². The minimum absolute atomic E-state index is 0.233. The molecular formula is C18H28N2O. The van der Waals surface area contributed by atoms with Gasteiger partial charge in [0.1, 0.15) is 5.75 Å². The monoisotopic (exact) mass is 288 g/mol. The lowest BCUT2D eigenvalue weighted by atomic mass is 9.93. The molecule has 0 radical (unpaired) electrons. The summed E-state index contributed by atoms with van der Waals surface area (Å²) in [7, 11) is 2.06. The molecule has 21 heavy (non-hydrogen) atoms. The Morgan fingerprint density at radius 3 is 2.76 bits per heavy atom. The summed E-state index contributed by atoms with van der Waals surface area (Å²) in [6.45, 7) is 6.52. The quantitative estimate of drug-likeness (QED) is 0.870. The van der Waals surface area contributed by atoms with Crippen molar-refractivity contribution in [3.8, 4) is 5.75 Å². The van der Waals surface area contributed by atoms with Crippen LogP contribution in [0.25, 0.3) is 0 Å². The first-order valence-corrected chi connectivity index (χ1v) is 8.36. The number of nitrogens with zero attached hydrogens (tertiary/aromatic N) is 1. The second kappa shape index (κ2) is 6.37. The van der Waals surface area contributed by atoms with Crippen LogP contribution < -0.4 is 10.1 Å². The molecule has 1 aromatic carbocycles. The molecular weight excluding hydrogens is 260 g/mol. The van der Waals surface area contributed by atoms with Crippen molar-refractivity contribution in [3.05, 3.63) is 29.8 Å². The molecule has 116 valence electrons. The van der Waals surface area contributed by atoms with Gasteiger partial charge in [-0.1, -0.05) is 12.1 Å². The first-order valence-electron chi connectivity index (χ1n) is 8.36. The van der Waals surface area contributed by atoms with Gasteiger partial charge >= 0.3 is 0 Å². The van der Waals surface area contributed by atoms with Crippen molar-refractivity contribution in [2.24, 2.45) is 5.92 Å². The molecule has 2 aliphatic rings. The molecule has 1 aliphatic carbocycles. The second-order valence-electron chi connectivity index (χ2n) is 6.76. The number of nitrogens with one attached hydrogen (secondary N) is 1. The molecule has 2 unspecified atom stereocenters. The van der Waals surface area contributed by atoms with Gasteiger partial charge in [-0.3, -0.25) is 4.90 Å². The van der Waals surface area contributed by atoms with E-state index in [-0.39, 0.29) is 6.10 Å². The van der Waals surface area contributed by atoms with Gasteiger partial charge in [-0.05, 0) is 76.9 Å². The lowest BCUT2D eigenvalue weighted by Crippen LogP contribution is -2.30. The summed E-state index contributed by atoms with van der Waals surface area (Å²) in [5, 5.41) is 3.38. The summed E-state index contributed by atoms with van der Waals surface area (Å²) in [6, 6.07) is 10.1. The van der Waals surface area contributed by atoms with Gasteiger partial charge in [0.15, 0.2) is 0 Å². The number of rotatable bonds is 6. The van der Waals surface area contributed by atoms with E-state index in [9.17, 15) is 0 Å². The molecule has 3 rings (SSSR count). The van der Waals surface area contributed by atoms with Gasteiger partial charge in [0, 0.05) is 12.1 Å². The highest BCUT2D eigenvalue weighted by atomic mass is 16.5. The SMILES string of the molecule is CNCC1CCN(C2CC2)C1c1cccc(OC(C)C)c1. The lowest BCUT2D eigenvalue weighted by Gasteiger charge is -2.29. The maximum absolute atomic E-state index is 5.89. The Morgan fingerprint density at radius 2 is 2.10 bits per heavy atom. The van der Waals surface area contributed by atoms with E-state index < -0.39 is 0 Å². The maximum Gasteiger partial charge on any atom is 0.120 e. The van der Waals surface area contributed by atoms with Crippen LogP contribution in [0.5, 0.6) is 5.75 Å². The number of ether oxygens (including phenoxy) is 1. The van der Waals surface area contributed by atoms with Gasteiger partial charge in [-0.25, -0.2) is 0 Å². The Bertz CT molecular complexity index is 470. The maximum atomic E-state index is 5.89. The van der Waals surface area contributed by atoms with Crippen molar-refractivity contribution in [2.75, 3.05) is 20.1 Å². The molecule has 0 spiro atoms. The number of hydrogen-bond donors (Lipinski definition) is 1. The summed E-state index contributed by atoms with van der Waals surface area (Å²) in [6.07, 6.45) is 4.30. The van der Waals surface area contributed by atoms with Crippen molar-refractivity contribution in [3.63, 3.8) is 0 Å². The highest BCUT2D eigenvalue weighted by Crippen LogP contribution is 2.44. The average molecular weight is 288 g/mol. The van der Waals surface area contributed by atoms with Crippen LogP contribution in [0, 0.1) is 5.92 Å². The van der Waals surface area contributed by atoms with Crippen molar-refractivity contribution in [2.45, 2.75) is 51.3 Å². The molecule has 3 nitrogen and oxygen atoms in total. The van der Waals surface area contributed by atoms with Gasteiger partial charge < -0.3 is 10.1 Å². The molecule has 1 saturated carbocycles. The predicted octanol–water partition coefficient (Wildman–Crippen LogP) is 3.22. The van der Waals surface area contributed by atoms with Crippen molar-refractivity contribution >= 4 is 0 Å². The summed E-state index contributed by atoms with van der Waals surface area (Å²) < 4.78 is 5.89. The molecule has 1 saturated heterocycles. The fourth-order valence-electron chi connectivity index (χ4n) is 3.68. The summed E-state index contributed by atoms with van der Waals surface area (Å²) in [5.41, 5.74) is 1.43. The van der Waals surface area contributed by atoms with Crippen LogP contribution >= 0.6 is 0 Å². The molecule has 1 N–H and O–H groups in total. The highest BCUT2D eigenvalue weighted by Gasteiger charge is 2.42. The van der Waals surface area contributed by atoms with Crippen LogP contribution in [0.4, 0.5) is 0 Å². The minimum atomic E-state index is 0.233. The number of benzene rings is 1. The van der Waals surface area contributed by atoms with Crippen LogP contribution in [-0.4, -0.2) is 37.2 Å². The fraction of sp³-hybridized carbons (Fsp3) is 0.667. The van der Waals surface area contributed by atoms with E-state index in [1.54, 1.807) is 0 Å². The topological polar surface area (TPSA) is 24.5 Å². The summed E-state index contributed by atoms with van der Waals surface area (Å²) in [5.74, 6) is 1.72. The summed E-state index contributed by atoms with van der Waals surface area (Å²) in [4.78, 5) is 2.73. The van der Waals surface area contributed by atoms with Crippen LogP contribution in [-0.2, 0) is 0 Å². The fourth-order valence-corrected chi connectivity index (χ4v) is 3.68. The van der Waals surface area contributed by atoms with Crippen LogP contribution in [0.3, 0.4) is 0 Å². The molecule has 0 amide bonds. The Kier molecular flexibility index (Phi) is 4.51. The molecule has 1 heterocycles. The Balaban J connectivity index is 1.83. The Morgan fingerprint density at radius 1 is 1.29 bits per heavy atom. The van der Waals surface area contributed by atoms with E-state index in [1.807, 2.05) is 0 Å². The molecule has 0 aromatic heterocycles. The predicted molar refractivity (Wildman–Crippen MR) is 86.7 cm³/mol. The lowest BCUT2D eigenvalue weighted by molar-refractivity contribution is 0.214. The van der Waals surface area contributed by atoms with Crippen LogP contribution in [0.15, 0.2) is 24.3 Å². The van der Waals surface area contributed by atoms with Crippen molar-refractivity contribution in [1.29, 1.82) is 0 Å². The zero-order valence-electron chi connectivity index (χ0n) is 13.5. The molecule has 1 aromatic rings.